The van der Waals surface area contributed by atoms with E-state index in [0.717, 1.165) is 39.4 Å². The van der Waals surface area contributed by atoms with Crippen molar-refractivity contribution < 1.29 is 18.0 Å². The smallest absolute Gasteiger partial charge is 0.280 e. The van der Waals surface area contributed by atoms with Gasteiger partial charge in [-0.15, -0.1) is 5.10 Å². The lowest BCUT2D eigenvalue weighted by Gasteiger charge is -2.14. The molecule has 0 saturated carbocycles. The lowest BCUT2D eigenvalue weighted by atomic mass is 9.97. The highest BCUT2D eigenvalue weighted by Gasteiger charge is 2.31. The summed E-state index contributed by atoms with van der Waals surface area (Å²) in [4.78, 5) is 18.0. The van der Waals surface area contributed by atoms with Crippen molar-refractivity contribution in [3.63, 3.8) is 0 Å². The first-order valence-electron chi connectivity index (χ1n) is 10.5. The number of aromatic nitrogens is 4. The van der Waals surface area contributed by atoms with Crippen LogP contribution in [0.1, 0.15) is 22.5 Å². The van der Waals surface area contributed by atoms with Crippen molar-refractivity contribution >= 4 is 12.2 Å². The second-order valence-corrected chi connectivity index (χ2v) is 7.50. The predicted molar refractivity (Wildman–Crippen MR) is 127 cm³/mol. The largest absolute Gasteiger partial charge is 0.433 e. The molecule has 11 heteroatoms. The molecule has 0 spiro atoms. The molecule has 3 heterocycles. The van der Waals surface area contributed by atoms with Crippen LogP contribution in [-0.4, -0.2) is 26.6 Å². The highest BCUT2D eigenvalue weighted by atomic mass is 19.4. The van der Waals surface area contributed by atoms with Crippen molar-refractivity contribution in [3.05, 3.63) is 89.6 Å². The molecule has 1 amide bonds. The average Bonchev–Trinajstić information content (AvgIpc) is 2.88. The number of nitriles is 1. The maximum absolute atomic E-state index is 11.9. The lowest BCUT2D eigenvalue weighted by Crippen LogP contribution is -2.21. The van der Waals surface area contributed by atoms with Crippen LogP contribution in [0.3, 0.4) is 0 Å². The molecule has 0 aliphatic rings. The number of hydrogen-bond acceptors (Lipinski definition) is 7. The van der Waals surface area contributed by atoms with Crippen molar-refractivity contribution in [3.8, 4) is 28.3 Å². The number of pyridine rings is 2. The second-order valence-electron chi connectivity index (χ2n) is 7.50. The van der Waals surface area contributed by atoms with E-state index < -0.39 is 11.9 Å². The van der Waals surface area contributed by atoms with Crippen LogP contribution in [0.25, 0.3) is 22.3 Å². The monoisotopic (exact) mass is 491 g/mol. The highest BCUT2D eigenvalue weighted by Crippen LogP contribution is 2.35. The van der Waals surface area contributed by atoms with Crippen LogP contribution >= 0.6 is 0 Å². The van der Waals surface area contributed by atoms with Gasteiger partial charge >= 0.3 is 6.18 Å². The third-order valence-electron chi connectivity index (χ3n) is 4.83. The number of carbonyl (C=O) groups excluding carboxylic acids is 1. The molecular formula is C25H20F3N7O. The fourth-order valence-corrected chi connectivity index (χ4v) is 3.06. The van der Waals surface area contributed by atoms with E-state index in [1.165, 1.54) is 12.3 Å². The van der Waals surface area contributed by atoms with Crippen LogP contribution < -0.4 is 10.9 Å². The molecule has 0 bridgehead atoms. The number of nitrogens with zero attached hydrogens (tertiary/aromatic N) is 5. The van der Waals surface area contributed by atoms with E-state index in [9.17, 15) is 18.0 Å². The van der Waals surface area contributed by atoms with Gasteiger partial charge in [0.1, 0.15) is 17.5 Å². The number of aryl methyl sites for hydroxylation is 2. The van der Waals surface area contributed by atoms with Gasteiger partial charge in [-0.1, -0.05) is 35.9 Å². The minimum atomic E-state index is -4.33. The molecule has 0 fully saturated rings. The fraction of sp³-hybridized carbons (Fsp3) is 0.120. The Balaban J connectivity index is 0.000000275. The standard InChI is InChI=1S/C18H14N6O.C7H6F3N/c1-12-2-4-13(5-3-12)16-10-21-23-18(24-22-11-25)17(16)14-6-7-15(8-19)20-9-14;1-5-2-3-6(11-4-5)7(8,9)10/h2-7,9-11H,1H3,(H,22,25)(H,23,24);2-4H,1H3. The van der Waals surface area contributed by atoms with E-state index in [1.54, 1.807) is 31.5 Å². The van der Waals surface area contributed by atoms with E-state index >= 15 is 0 Å². The van der Waals surface area contributed by atoms with Gasteiger partial charge in [-0.3, -0.25) is 20.6 Å². The minimum Gasteiger partial charge on any atom is -0.280 e. The van der Waals surface area contributed by atoms with Crippen molar-refractivity contribution in [2.24, 2.45) is 0 Å². The number of halogens is 3. The zero-order chi connectivity index (χ0) is 26.1. The molecule has 8 nitrogen and oxygen atoms in total. The van der Waals surface area contributed by atoms with E-state index in [2.05, 4.69) is 31.0 Å². The number of rotatable bonds is 5. The molecule has 1 aromatic carbocycles. The van der Waals surface area contributed by atoms with Crippen LogP contribution in [0, 0.1) is 25.2 Å². The molecule has 2 N–H and O–H groups in total. The van der Waals surface area contributed by atoms with E-state index in [4.69, 9.17) is 5.26 Å². The van der Waals surface area contributed by atoms with Gasteiger partial charge in [0.2, 0.25) is 6.41 Å². The summed E-state index contributed by atoms with van der Waals surface area (Å²) in [6.45, 7) is 3.70. The minimum absolute atomic E-state index is 0.322. The molecule has 3 aromatic heterocycles. The van der Waals surface area contributed by atoms with Crippen LogP contribution in [0.4, 0.5) is 19.0 Å². The number of nitrogens with one attached hydrogen (secondary N) is 2. The number of carbonyl (C=O) groups is 1. The van der Waals surface area contributed by atoms with Gasteiger partial charge in [0.25, 0.3) is 0 Å². The number of hydrogen-bond donors (Lipinski definition) is 2. The lowest BCUT2D eigenvalue weighted by molar-refractivity contribution is -0.141. The summed E-state index contributed by atoms with van der Waals surface area (Å²) >= 11 is 0. The Hall–Kier alpha value is -4.85. The summed E-state index contributed by atoms with van der Waals surface area (Å²) in [5.41, 5.74) is 9.71. The zero-order valence-corrected chi connectivity index (χ0v) is 19.2. The average molecular weight is 491 g/mol. The molecule has 0 radical (unpaired) electrons. The molecule has 36 heavy (non-hydrogen) atoms. The van der Waals surface area contributed by atoms with Crippen molar-refractivity contribution in [2.75, 3.05) is 5.43 Å². The maximum Gasteiger partial charge on any atom is 0.433 e. The quantitative estimate of drug-likeness (QED) is 0.302. The summed E-state index contributed by atoms with van der Waals surface area (Å²) in [6.07, 6.45) is 0.640. The van der Waals surface area contributed by atoms with Gasteiger partial charge < -0.3 is 0 Å². The topological polar surface area (TPSA) is 116 Å². The van der Waals surface area contributed by atoms with Crippen molar-refractivity contribution in [1.29, 1.82) is 5.26 Å². The van der Waals surface area contributed by atoms with Gasteiger partial charge in [-0.05, 0) is 43.2 Å². The first-order valence-corrected chi connectivity index (χ1v) is 10.5. The van der Waals surface area contributed by atoms with Gasteiger partial charge in [0.05, 0.1) is 6.20 Å². The summed E-state index contributed by atoms with van der Waals surface area (Å²) < 4.78 is 35.6. The van der Waals surface area contributed by atoms with Gasteiger partial charge in [-0.2, -0.15) is 23.5 Å². The Labute approximate surface area is 204 Å². The first-order chi connectivity index (χ1) is 17.2. The van der Waals surface area contributed by atoms with Crippen molar-refractivity contribution in [2.45, 2.75) is 20.0 Å². The normalized spacial score (nSPS) is 10.4. The molecule has 0 atom stereocenters. The number of hydrazine groups is 1. The van der Waals surface area contributed by atoms with Gasteiger partial charge in [0.15, 0.2) is 5.82 Å². The number of amides is 1. The second kappa shape index (κ2) is 11.5. The fourth-order valence-electron chi connectivity index (χ4n) is 3.06. The Kier molecular flexibility index (Phi) is 8.25. The summed E-state index contributed by atoms with van der Waals surface area (Å²) in [5.74, 6) is 0.386. The highest BCUT2D eigenvalue weighted by molar-refractivity contribution is 5.89. The first kappa shape index (κ1) is 25.8. The Morgan fingerprint density at radius 2 is 1.58 bits per heavy atom. The van der Waals surface area contributed by atoms with Crippen molar-refractivity contribution in [1.82, 2.24) is 25.6 Å². The molecule has 0 aliphatic carbocycles. The summed E-state index contributed by atoms with van der Waals surface area (Å²) in [7, 11) is 0. The summed E-state index contributed by atoms with van der Waals surface area (Å²) in [5, 5.41) is 17.0. The zero-order valence-electron chi connectivity index (χ0n) is 19.2. The van der Waals surface area contributed by atoms with E-state index in [-0.39, 0.29) is 0 Å². The molecule has 4 rings (SSSR count). The molecular weight excluding hydrogens is 471 g/mol. The molecule has 182 valence electrons. The van der Waals surface area contributed by atoms with E-state index in [0.29, 0.717) is 17.9 Å². The molecule has 0 unspecified atom stereocenters. The number of benzene rings is 1. The predicted octanol–water partition coefficient (Wildman–Crippen LogP) is 4.87. The Morgan fingerprint density at radius 3 is 2.14 bits per heavy atom. The van der Waals surface area contributed by atoms with E-state index in [1.807, 2.05) is 37.3 Å². The maximum atomic E-state index is 11.9. The molecule has 4 aromatic rings. The van der Waals surface area contributed by atoms with Crippen LogP contribution in [0.15, 0.2) is 67.1 Å². The number of anilines is 1. The Bertz CT molecular complexity index is 1350. The van der Waals surface area contributed by atoms with Crippen LogP contribution in [0.2, 0.25) is 0 Å². The number of alkyl halides is 3. The Morgan fingerprint density at radius 1 is 0.889 bits per heavy atom. The summed E-state index contributed by atoms with van der Waals surface area (Å²) in [6, 6.07) is 15.8. The molecule has 0 aliphatic heterocycles. The van der Waals surface area contributed by atoms with Gasteiger partial charge in [-0.25, -0.2) is 4.98 Å². The third kappa shape index (κ3) is 6.60. The van der Waals surface area contributed by atoms with Crippen LogP contribution in [0.5, 0.6) is 0 Å². The SMILES string of the molecule is Cc1ccc(-c2cnnc(NNC=O)c2-c2ccc(C#N)nc2)cc1.Cc1ccc(C(F)(F)F)nc1. The van der Waals surface area contributed by atoms with Crippen LogP contribution in [-0.2, 0) is 11.0 Å². The third-order valence-corrected chi connectivity index (χ3v) is 4.83. The molecule has 0 saturated heterocycles. The van der Waals surface area contributed by atoms with Gasteiger partial charge in [0, 0.05) is 29.1 Å².